The number of amides is 2. The highest BCUT2D eigenvalue weighted by molar-refractivity contribution is 5.97. The number of hydrogen-bond donors (Lipinski definition) is 0. The van der Waals surface area contributed by atoms with Crippen LogP contribution in [-0.2, 0) is 9.53 Å². The molecule has 0 radical (unpaired) electrons. The molecule has 0 aliphatic carbocycles. The van der Waals surface area contributed by atoms with Crippen molar-refractivity contribution in [3.8, 4) is 11.5 Å². The first-order valence-electron chi connectivity index (χ1n) is 9.55. The molecule has 0 N–H and O–H groups in total. The topological polar surface area (TPSA) is 68.3 Å². The average Bonchev–Trinajstić information content (AvgIpc) is 2.97. The first-order chi connectivity index (χ1) is 13.1. The van der Waals surface area contributed by atoms with Crippen LogP contribution in [0.4, 0.5) is 0 Å². The average molecular weight is 376 g/mol. The van der Waals surface area contributed by atoms with E-state index in [1.165, 1.54) is 0 Å². The lowest BCUT2D eigenvalue weighted by atomic mass is 10.1. The van der Waals surface area contributed by atoms with E-state index >= 15 is 0 Å². The molecule has 1 aromatic rings. The highest BCUT2D eigenvalue weighted by Crippen LogP contribution is 2.28. The lowest BCUT2D eigenvalue weighted by Crippen LogP contribution is -2.41. The minimum Gasteiger partial charge on any atom is -0.497 e. The molecule has 2 aliphatic rings. The van der Waals surface area contributed by atoms with Gasteiger partial charge in [0.2, 0.25) is 5.91 Å². The fraction of sp³-hybridized carbons (Fsp3) is 0.600. The molecule has 0 spiro atoms. The van der Waals surface area contributed by atoms with Gasteiger partial charge in [0.1, 0.15) is 17.6 Å². The molecule has 2 amide bonds. The van der Waals surface area contributed by atoms with Crippen molar-refractivity contribution in [2.45, 2.75) is 32.3 Å². The molecule has 27 heavy (non-hydrogen) atoms. The Balaban J connectivity index is 1.74. The quantitative estimate of drug-likeness (QED) is 0.803. The van der Waals surface area contributed by atoms with Crippen molar-refractivity contribution in [3.05, 3.63) is 23.8 Å². The molecule has 148 valence electrons. The summed E-state index contributed by atoms with van der Waals surface area (Å²) in [6, 6.07) is 5.36. The summed E-state index contributed by atoms with van der Waals surface area (Å²) in [7, 11) is 1.58. The fourth-order valence-electron chi connectivity index (χ4n) is 3.49. The normalized spacial score (nSPS) is 18.7. The molecular weight excluding hydrogens is 348 g/mol. The second-order valence-electron chi connectivity index (χ2n) is 6.94. The first-order valence-corrected chi connectivity index (χ1v) is 9.55. The molecule has 2 heterocycles. The van der Waals surface area contributed by atoms with E-state index in [2.05, 4.69) is 0 Å². The number of methoxy groups -OCH3 is 1. The minimum absolute atomic E-state index is 0.00647. The van der Waals surface area contributed by atoms with Crippen LogP contribution in [0.5, 0.6) is 11.5 Å². The third-order valence-electron chi connectivity index (χ3n) is 5.11. The number of ether oxygens (including phenoxy) is 3. The van der Waals surface area contributed by atoms with Crippen LogP contribution >= 0.6 is 0 Å². The lowest BCUT2D eigenvalue weighted by Gasteiger charge is -2.32. The molecule has 0 aromatic heterocycles. The van der Waals surface area contributed by atoms with Crippen molar-refractivity contribution in [3.63, 3.8) is 0 Å². The maximum Gasteiger partial charge on any atom is 0.257 e. The van der Waals surface area contributed by atoms with Crippen LogP contribution in [0.3, 0.4) is 0 Å². The van der Waals surface area contributed by atoms with Crippen molar-refractivity contribution < 1.29 is 23.8 Å². The molecule has 0 bridgehead atoms. The van der Waals surface area contributed by atoms with Crippen LogP contribution in [0.15, 0.2) is 18.2 Å². The summed E-state index contributed by atoms with van der Waals surface area (Å²) in [6.07, 6.45) is 2.34. The number of nitrogens with zero attached hydrogens (tertiary/aromatic N) is 2. The number of rotatable bonds is 4. The summed E-state index contributed by atoms with van der Waals surface area (Å²) in [5.41, 5.74) is 0.519. The largest absolute Gasteiger partial charge is 0.497 e. The van der Waals surface area contributed by atoms with Crippen molar-refractivity contribution in [1.82, 2.24) is 9.80 Å². The smallest absolute Gasteiger partial charge is 0.257 e. The number of carbonyl (C=O) groups is 2. The van der Waals surface area contributed by atoms with Crippen molar-refractivity contribution in [1.29, 1.82) is 0 Å². The Morgan fingerprint density at radius 2 is 1.85 bits per heavy atom. The highest BCUT2D eigenvalue weighted by Gasteiger charge is 2.26. The lowest BCUT2D eigenvalue weighted by molar-refractivity contribution is -0.130. The maximum atomic E-state index is 13.1. The Morgan fingerprint density at radius 1 is 1.07 bits per heavy atom. The Labute approximate surface area is 160 Å². The molecule has 2 aliphatic heterocycles. The van der Waals surface area contributed by atoms with Crippen molar-refractivity contribution >= 4 is 11.8 Å². The Hall–Kier alpha value is -2.28. The second kappa shape index (κ2) is 9.08. The van der Waals surface area contributed by atoms with Gasteiger partial charge in [-0.2, -0.15) is 0 Å². The zero-order valence-corrected chi connectivity index (χ0v) is 16.1. The van der Waals surface area contributed by atoms with Gasteiger partial charge < -0.3 is 24.0 Å². The van der Waals surface area contributed by atoms with Gasteiger partial charge in [-0.05, 0) is 24.6 Å². The van der Waals surface area contributed by atoms with E-state index in [0.29, 0.717) is 56.5 Å². The molecule has 3 rings (SSSR count). The number of carbonyl (C=O) groups excluding carboxylic acids is 2. The van der Waals surface area contributed by atoms with Crippen molar-refractivity contribution in [2.24, 2.45) is 0 Å². The third-order valence-corrected chi connectivity index (χ3v) is 5.11. The van der Waals surface area contributed by atoms with E-state index in [1.54, 1.807) is 26.2 Å². The molecular formula is C20H28N2O5. The molecule has 2 saturated heterocycles. The maximum absolute atomic E-state index is 13.1. The van der Waals surface area contributed by atoms with Crippen LogP contribution in [-0.4, -0.2) is 74.2 Å². The minimum atomic E-state index is -0.0597. The van der Waals surface area contributed by atoms with Crippen LogP contribution in [0.1, 0.15) is 36.5 Å². The molecule has 0 saturated carbocycles. The van der Waals surface area contributed by atoms with Gasteiger partial charge in [0.05, 0.1) is 19.3 Å². The van der Waals surface area contributed by atoms with Gasteiger partial charge in [-0.25, -0.2) is 0 Å². The van der Waals surface area contributed by atoms with Crippen LogP contribution < -0.4 is 9.47 Å². The van der Waals surface area contributed by atoms with E-state index in [9.17, 15) is 9.59 Å². The zero-order valence-electron chi connectivity index (χ0n) is 16.1. The molecule has 1 aromatic carbocycles. The summed E-state index contributed by atoms with van der Waals surface area (Å²) in [5.74, 6) is 1.24. The molecule has 0 atom stereocenters. The SMILES string of the molecule is COc1ccc(OC2CCN(C(C)=O)CC2)c(C(=O)N2CCCOCC2)c1. The van der Waals surface area contributed by atoms with Crippen molar-refractivity contribution in [2.75, 3.05) is 46.5 Å². The molecule has 7 heteroatoms. The molecule has 0 unspecified atom stereocenters. The summed E-state index contributed by atoms with van der Waals surface area (Å²) in [4.78, 5) is 28.2. The van der Waals surface area contributed by atoms with E-state index in [4.69, 9.17) is 14.2 Å². The Kier molecular flexibility index (Phi) is 6.55. The van der Waals surface area contributed by atoms with Gasteiger partial charge in [-0.15, -0.1) is 0 Å². The van der Waals surface area contributed by atoms with E-state index in [0.717, 1.165) is 19.3 Å². The summed E-state index contributed by atoms with van der Waals surface area (Å²) >= 11 is 0. The Bertz CT molecular complexity index is 662. The van der Waals surface area contributed by atoms with E-state index in [1.807, 2.05) is 15.9 Å². The summed E-state index contributed by atoms with van der Waals surface area (Å²) in [5, 5.41) is 0. The predicted molar refractivity (Wildman–Crippen MR) is 100 cm³/mol. The third kappa shape index (κ3) is 4.91. The van der Waals surface area contributed by atoms with E-state index in [-0.39, 0.29) is 17.9 Å². The zero-order chi connectivity index (χ0) is 19.2. The van der Waals surface area contributed by atoms with Crippen LogP contribution in [0, 0.1) is 0 Å². The second-order valence-corrected chi connectivity index (χ2v) is 6.94. The standard InChI is InChI=1S/C20H28N2O5/c1-15(23)21-9-6-16(7-10-21)27-19-5-4-17(25-2)14-18(19)20(24)22-8-3-12-26-13-11-22/h4-5,14,16H,3,6-13H2,1-2H3. The van der Waals surface area contributed by atoms with Crippen LogP contribution in [0.2, 0.25) is 0 Å². The van der Waals surface area contributed by atoms with Gasteiger partial charge in [0, 0.05) is 52.6 Å². The van der Waals surface area contributed by atoms with Gasteiger partial charge >= 0.3 is 0 Å². The number of piperidine rings is 1. The number of hydrogen-bond acceptors (Lipinski definition) is 5. The van der Waals surface area contributed by atoms with Gasteiger partial charge in [0.25, 0.3) is 5.91 Å². The molecule has 2 fully saturated rings. The molecule has 7 nitrogen and oxygen atoms in total. The summed E-state index contributed by atoms with van der Waals surface area (Å²) < 4.78 is 16.9. The first kappa shape index (κ1) is 19.5. The van der Waals surface area contributed by atoms with E-state index < -0.39 is 0 Å². The summed E-state index contributed by atoms with van der Waals surface area (Å²) in [6.45, 7) is 5.44. The number of likely N-dealkylation sites (tertiary alicyclic amines) is 1. The highest BCUT2D eigenvalue weighted by atomic mass is 16.5. The Morgan fingerprint density at radius 3 is 2.56 bits per heavy atom. The van der Waals surface area contributed by atoms with Gasteiger partial charge in [0.15, 0.2) is 0 Å². The van der Waals surface area contributed by atoms with Gasteiger partial charge in [-0.1, -0.05) is 0 Å². The monoisotopic (exact) mass is 376 g/mol. The predicted octanol–water partition coefficient (Wildman–Crippen LogP) is 1.95. The fourth-order valence-corrected chi connectivity index (χ4v) is 3.49. The van der Waals surface area contributed by atoms with Crippen LogP contribution in [0.25, 0.3) is 0 Å². The van der Waals surface area contributed by atoms with Gasteiger partial charge in [-0.3, -0.25) is 9.59 Å². The number of benzene rings is 1.